The van der Waals surface area contributed by atoms with Gasteiger partial charge in [0.1, 0.15) is 17.7 Å². The number of anilines is 1. The lowest BCUT2D eigenvalue weighted by Gasteiger charge is -2.22. The highest BCUT2D eigenvalue weighted by atomic mass is 35.5. The molecule has 10 heteroatoms. The van der Waals surface area contributed by atoms with Crippen LogP contribution in [0.15, 0.2) is 30.6 Å². The van der Waals surface area contributed by atoms with Crippen LogP contribution in [0.4, 0.5) is 14.5 Å². The summed E-state index contributed by atoms with van der Waals surface area (Å²) in [5.41, 5.74) is 0.648. The number of rotatable bonds is 6. The maximum Gasteiger partial charge on any atom is 0.244 e. The van der Waals surface area contributed by atoms with Gasteiger partial charge in [-0.3, -0.25) is 14.3 Å². The van der Waals surface area contributed by atoms with Crippen LogP contribution in [0, 0.1) is 11.6 Å². The molecule has 1 aromatic heterocycles. The fourth-order valence-corrected chi connectivity index (χ4v) is 2.36. The lowest BCUT2D eigenvalue weighted by molar-refractivity contribution is -0.135. The molecule has 0 saturated heterocycles. The van der Waals surface area contributed by atoms with Crippen LogP contribution in [0.2, 0.25) is 0 Å². The minimum absolute atomic E-state index is 0. The molecule has 0 bridgehead atoms. The molecule has 0 fully saturated rings. The minimum atomic E-state index is -0.799. The first kappa shape index (κ1) is 21.5. The molecule has 2 amide bonds. The minimum Gasteiger partial charge on any atom is -0.335 e. The van der Waals surface area contributed by atoms with Gasteiger partial charge in [0, 0.05) is 37.6 Å². The van der Waals surface area contributed by atoms with Crippen molar-refractivity contribution in [2.24, 2.45) is 7.05 Å². The van der Waals surface area contributed by atoms with E-state index in [1.54, 1.807) is 31.2 Å². The molecule has 7 nitrogen and oxygen atoms in total. The van der Waals surface area contributed by atoms with Crippen LogP contribution in [0.1, 0.15) is 11.6 Å². The van der Waals surface area contributed by atoms with Gasteiger partial charge in [0.25, 0.3) is 0 Å². The molecular formula is C16H20ClF2N5O2. The highest BCUT2D eigenvalue weighted by Gasteiger charge is 2.24. The lowest BCUT2D eigenvalue weighted by Crippen LogP contribution is -2.41. The van der Waals surface area contributed by atoms with Gasteiger partial charge in [-0.1, -0.05) is 0 Å². The van der Waals surface area contributed by atoms with E-state index in [4.69, 9.17) is 0 Å². The molecule has 0 spiro atoms. The summed E-state index contributed by atoms with van der Waals surface area (Å²) in [5, 5.41) is 9.25. The van der Waals surface area contributed by atoms with Crippen molar-refractivity contribution in [2.45, 2.75) is 6.04 Å². The normalized spacial score (nSPS) is 11.4. The summed E-state index contributed by atoms with van der Waals surface area (Å²) in [6.07, 6.45) is 3.25. The number of hydrogen-bond donors (Lipinski definition) is 2. The second-order valence-corrected chi connectivity index (χ2v) is 5.57. The Balaban J connectivity index is 0.00000338. The third kappa shape index (κ3) is 5.50. The van der Waals surface area contributed by atoms with E-state index in [0.717, 1.165) is 12.1 Å². The van der Waals surface area contributed by atoms with Crippen molar-refractivity contribution in [3.8, 4) is 0 Å². The van der Waals surface area contributed by atoms with E-state index in [2.05, 4.69) is 15.7 Å². The number of halogens is 3. The summed E-state index contributed by atoms with van der Waals surface area (Å²) in [7, 11) is 4.82. The molecule has 0 aliphatic rings. The summed E-state index contributed by atoms with van der Waals surface area (Å²) in [6.45, 7) is -0.268. The molecule has 0 aliphatic heterocycles. The smallest absolute Gasteiger partial charge is 0.244 e. The Bertz CT molecular complexity index is 764. The predicted octanol–water partition coefficient (Wildman–Crippen LogP) is 1.48. The molecule has 2 aromatic rings. The average Bonchev–Trinajstić information content (AvgIpc) is 2.92. The molecule has 2 N–H and O–H groups in total. The second kappa shape index (κ2) is 9.25. The molecule has 2 rings (SSSR count). The summed E-state index contributed by atoms with van der Waals surface area (Å²) >= 11 is 0. The zero-order valence-electron chi connectivity index (χ0n) is 14.5. The SMILES string of the molecule is CNC(C(=O)N(C)CC(=O)Nc1cc(F)cc(F)c1)c1cnn(C)c1.Cl. The third-order valence-corrected chi connectivity index (χ3v) is 3.50. The number of likely N-dealkylation sites (N-methyl/N-ethyl adjacent to an activating group) is 2. The zero-order valence-corrected chi connectivity index (χ0v) is 15.3. The first-order chi connectivity index (χ1) is 11.8. The van der Waals surface area contributed by atoms with Gasteiger partial charge in [-0.2, -0.15) is 5.10 Å². The summed E-state index contributed by atoms with van der Waals surface area (Å²) in [6, 6.07) is 2.04. The van der Waals surface area contributed by atoms with E-state index < -0.39 is 23.6 Å². The number of nitrogens with one attached hydrogen (secondary N) is 2. The second-order valence-electron chi connectivity index (χ2n) is 5.57. The summed E-state index contributed by atoms with van der Waals surface area (Å²) < 4.78 is 27.8. The summed E-state index contributed by atoms with van der Waals surface area (Å²) in [4.78, 5) is 25.7. The zero-order chi connectivity index (χ0) is 18.6. The number of benzene rings is 1. The fourth-order valence-electron chi connectivity index (χ4n) is 2.36. The van der Waals surface area contributed by atoms with Crippen LogP contribution in [-0.4, -0.2) is 47.1 Å². The number of aryl methyl sites for hydroxylation is 1. The van der Waals surface area contributed by atoms with E-state index >= 15 is 0 Å². The fraction of sp³-hybridized carbons (Fsp3) is 0.312. The Kier molecular flexibility index (Phi) is 7.66. The van der Waals surface area contributed by atoms with Gasteiger partial charge >= 0.3 is 0 Å². The van der Waals surface area contributed by atoms with Crippen molar-refractivity contribution in [2.75, 3.05) is 26.0 Å². The number of carbonyl (C=O) groups is 2. The van der Waals surface area contributed by atoms with Crippen molar-refractivity contribution < 1.29 is 18.4 Å². The molecule has 1 aromatic carbocycles. The molecular weight excluding hydrogens is 368 g/mol. The number of hydrogen-bond acceptors (Lipinski definition) is 4. The lowest BCUT2D eigenvalue weighted by atomic mass is 10.1. The van der Waals surface area contributed by atoms with Crippen molar-refractivity contribution in [1.29, 1.82) is 0 Å². The van der Waals surface area contributed by atoms with Gasteiger partial charge in [0.05, 0.1) is 12.7 Å². The van der Waals surface area contributed by atoms with Crippen LogP contribution in [-0.2, 0) is 16.6 Å². The predicted molar refractivity (Wildman–Crippen MR) is 94.9 cm³/mol. The Morgan fingerprint density at radius 3 is 2.38 bits per heavy atom. The van der Waals surface area contributed by atoms with E-state index in [9.17, 15) is 18.4 Å². The Hall–Kier alpha value is -2.52. The van der Waals surface area contributed by atoms with Gasteiger partial charge in [0.2, 0.25) is 11.8 Å². The number of aromatic nitrogens is 2. The van der Waals surface area contributed by atoms with Crippen LogP contribution < -0.4 is 10.6 Å². The monoisotopic (exact) mass is 387 g/mol. The molecule has 0 aliphatic carbocycles. The van der Waals surface area contributed by atoms with Crippen molar-refractivity contribution in [3.63, 3.8) is 0 Å². The van der Waals surface area contributed by atoms with E-state index in [0.29, 0.717) is 11.6 Å². The van der Waals surface area contributed by atoms with Gasteiger partial charge in [-0.25, -0.2) is 8.78 Å². The third-order valence-electron chi connectivity index (χ3n) is 3.50. The highest BCUT2D eigenvalue weighted by Crippen LogP contribution is 2.15. The molecule has 1 unspecified atom stereocenters. The number of carbonyl (C=O) groups excluding carboxylic acids is 2. The molecule has 142 valence electrons. The van der Waals surface area contributed by atoms with Gasteiger partial charge in [-0.05, 0) is 19.2 Å². The Labute approximate surface area is 155 Å². The first-order valence-electron chi connectivity index (χ1n) is 7.47. The topological polar surface area (TPSA) is 79.3 Å². The highest BCUT2D eigenvalue weighted by molar-refractivity contribution is 5.95. The van der Waals surface area contributed by atoms with Gasteiger partial charge in [-0.15, -0.1) is 12.4 Å². The van der Waals surface area contributed by atoms with Crippen LogP contribution in [0.5, 0.6) is 0 Å². The first-order valence-corrected chi connectivity index (χ1v) is 7.47. The van der Waals surface area contributed by atoms with Crippen LogP contribution >= 0.6 is 12.4 Å². The maximum absolute atomic E-state index is 13.1. The molecule has 0 radical (unpaired) electrons. The van der Waals surface area contributed by atoms with Crippen molar-refractivity contribution >= 4 is 29.9 Å². The molecule has 26 heavy (non-hydrogen) atoms. The standard InChI is InChI=1S/C16H19F2N5O2.ClH/c1-19-15(10-7-20-23(3)8-10)16(25)22(2)9-14(24)21-13-5-11(17)4-12(18)6-13;/h4-8,15,19H,9H2,1-3H3,(H,21,24);1H. The maximum atomic E-state index is 13.1. The van der Waals surface area contributed by atoms with E-state index in [-0.39, 0.29) is 30.5 Å². The molecule has 1 heterocycles. The van der Waals surface area contributed by atoms with Gasteiger partial charge in [0.15, 0.2) is 0 Å². The average molecular weight is 388 g/mol. The van der Waals surface area contributed by atoms with Crippen molar-refractivity contribution in [1.82, 2.24) is 20.0 Å². The largest absolute Gasteiger partial charge is 0.335 e. The Morgan fingerprint density at radius 2 is 1.88 bits per heavy atom. The van der Waals surface area contributed by atoms with E-state index in [1.165, 1.54) is 11.9 Å². The molecule has 1 atom stereocenters. The molecule has 0 saturated carbocycles. The Morgan fingerprint density at radius 1 is 1.27 bits per heavy atom. The van der Waals surface area contributed by atoms with Crippen LogP contribution in [0.25, 0.3) is 0 Å². The van der Waals surface area contributed by atoms with Crippen LogP contribution in [0.3, 0.4) is 0 Å². The quantitative estimate of drug-likeness (QED) is 0.787. The summed E-state index contributed by atoms with van der Waals surface area (Å²) in [5.74, 6) is -2.50. The van der Waals surface area contributed by atoms with Crippen molar-refractivity contribution in [3.05, 3.63) is 47.8 Å². The number of nitrogens with zero attached hydrogens (tertiary/aromatic N) is 3. The van der Waals surface area contributed by atoms with E-state index in [1.807, 2.05) is 0 Å². The van der Waals surface area contributed by atoms with Gasteiger partial charge < -0.3 is 15.5 Å². The number of amides is 2.